The molecule has 0 bridgehead atoms. The number of carbonyl (C=O) groups excluding carboxylic acids is 2. The van der Waals surface area contributed by atoms with Crippen molar-refractivity contribution in [3.8, 4) is 5.75 Å². The van der Waals surface area contributed by atoms with Crippen molar-refractivity contribution in [1.29, 1.82) is 0 Å². The first-order chi connectivity index (χ1) is 9.87. The second kappa shape index (κ2) is 6.00. The number of methoxy groups -OCH3 is 1. The van der Waals surface area contributed by atoms with Crippen LogP contribution in [-0.4, -0.2) is 18.7 Å². The summed E-state index contributed by atoms with van der Waals surface area (Å²) in [4.78, 5) is 24.0. The number of aryl methyl sites for hydroxylation is 1. The van der Waals surface area contributed by atoms with Crippen LogP contribution >= 0.6 is 0 Å². The van der Waals surface area contributed by atoms with Crippen LogP contribution in [0, 0.1) is 12.3 Å². The van der Waals surface area contributed by atoms with Crippen LogP contribution in [0.4, 0.5) is 0 Å². The van der Waals surface area contributed by atoms with Crippen LogP contribution < -0.4 is 4.74 Å². The van der Waals surface area contributed by atoms with Crippen molar-refractivity contribution in [2.24, 2.45) is 5.41 Å². The highest BCUT2D eigenvalue weighted by Gasteiger charge is 2.39. The van der Waals surface area contributed by atoms with Gasteiger partial charge in [0.05, 0.1) is 7.11 Å². The second-order valence-corrected chi connectivity index (χ2v) is 6.44. The first-order valence-electron chi connectivity index (χ1n) is 7.59. The topological polar surface area (TPSA) is 43.4 Å². The quantitative estimate of drug-likeness (QED) is 0.825. The first kappa shape index (κ1) is 15.7. The summed E-state index contributed by atoms with van der Waals surface area (Å²) in [5.41, 5.74) is 2.55. The van der Waals surface area contributed by atoms with E-state index in [1.165, 1.54) is 0 Å². The van der Waals surface area contributed by atoms with Crippen LogP contribution in [0.1, 0.15) is 61.0 Å². The minimum atomic E-state index is -0.346. The van der Waals surface area contributed by atoms with Gasteiger partial charge in [0.15, 0.2) is 5.78 Å². The molecule has 0 aromatic heterocycles. The fraction of sp³-hybridized carbons (Fsp3) is 0.556. The van der Waals surface area contributed by atoms with E-state index in [2.05, 4.69) is 0 Å². The maximum absolute atomic E-state index is 12.9. The highest BCUT2D eigenvalue weighted by atomic mass is 16.5. The third-order valence-electron chi connectivity index (χ3n) is 4.55. The Kier molecular flexibility index (Phi) is 4.50. The molecule has 0 saturated carbocycles. The maximum atomic E-state index is 12.9. The average molecular weight is 288 g/mol. The number of Topliss-reactive ketones (excluding diaryl/α,β-unsaturated/α-hetero) is 2. The lowest BCUT2D eigenvalue weighted by molar-refractivity contribution is -0.117. The lowest BCUT2D eigenvalue weighted by atomic mass is 9.68. The van der Waals surface area contributed by atoms with Gasteiger partial charge in [-0.25, -0.2) is 0 Å². The molecule has 1 atom stereocenters. The third-order valence-corrected chi connectivity index (χ3v) is 4.55. The molecule has 0 spiro atoms. The zero-order chi connectivity index (χ0) is 15.6. The SMILES string of the molecule is COc1cc(C)cc2c1CC[C@@](C)(CCCC(C)=O)C2=O. The van der Waals surface area contributed by atoms with Gasteiger partial charge in [-0.05, 0) is 57.2 Å². The average Bonchev–Trinajstić information content (AvgIpc) is 2.42. The molecule has 0 heterocycles. The molecule has 1 aromatic rings. The molecule has 2 rings (SSSR count). The van der Waals surface area contributed by atoms with Gasteiger partial charge in [0, 0.05) is 23.0 Å². The Bertz CT molecular complexity index is 574. The Balaban J connectivity index is 2.27. The highest BCUT2D eigenvalue weighted by Crippen LogP contribution is 2.42. The fourth-order valence-corrected chi connectivity index (χ4v) is 3.23. The Morgan fingerprint density at radius 3 is 2.71 bits per heavy atom. The van der Waals surface area contributed by atoms with Crippen LogP contribution in [0.15, 0.2) is 12.1 Å². The van der Waals surface area contributed by atoms with E-state index in [-0.39, 0.29) is 17.0 Å². The van der Waals surface area contributed by atoms with Crippen molar-refractivity contribution in [2.75, 3.05) is 7.11 Å². The molecule has 0 fully saturated rings. The van der Waals surface area contributed by atoms with Gasteiger partial charge in [-0.15, -0.1) is 0 Å². The Morgan fingerprint density at radius 2 is 2.10 bits per heavy atom. The van der Waals surface area contributed by atoms with E-state index in [4.69, 9.17) is 4.74 Å². The van der Waals surface area contributed by atoms with Gasteiger partial charge in [0.1, 0.15) is 11.5 Å². The number of fused-ring (bicyclic) bond motifs is 1. The van der Waals surface area contributed by atoms with E-state index in [1.54, 1.807) is 14.0 Å². The number of ketones is 2. The van der Waals surface area contributed by atoms with Crippen molar-refractivity contribution < 1.29 is 14.3 Å². The first-order valence-corrected chi connectivity index (χ1v) is 7.59. The van der Waals surface area contributed by atoms with Crippen molar-refractivity contribution in [1.82, 2.24) is 0 Å². The van der Waals surface area contributed by atoms with Crippen molar-refractivity contribution in [3.63, 3.8) is 0 Å². The minimum Gasteiger partial charge on any atom is -0.496 e. The maximum Gasteiger partial charge on any atom is 0.169 e. The molecule has 1 aromatic carbocycles. The molecule has 114 valence electrons. The van der Waals surface area contributed by atoms with Gasteiger partial charge in [-0.3, -0.25) is 4.79 Å². The van der Waals surface area contributed by atoms with Crippen LogP contribution in [0.25, 0.3) is 0 Å². The third kappa shape index (κ3) is 3.17. The molecule has 1 aliphatic rings. The second-order valence-electron chi connectivity index (χ2n) is 6.44. The molecule has 0 N–H and O–H groups in total. The van der Waals surface area contributed by atoms with Crippen molar-refractivity contribution in [2.45, 2.75) is 52.9 Å². The van der Waals surface area contributed by atoms with Gasteiger partial charge < -0.3 is 9.53 Å². The van der Waals surface area contributed by atoms with Gasteiger partial charge in [0.25, 0.3) is 0 Å². The number of carbonyl (C=O) groups is 2. The molecule has 1 aliphatic carbocycles. The lowest BCUT2D eigenvalue weighted by Crippen LogP contribution is -2.33. The van der Waals surface area contributed by atoms with Crippen LogP contribution in [0.2, 0.25) is 0 Å². The standard InChI is InChI=1S/C18H24O3/c1-12-10-15-14(16(11-12)21-4)7-9-18(3,17(15)20)8-5-6-13(2)19/h10-11H,5-9H2,1-4H3/t18-/m1/s1. The van der Waals surface area contributed by atoms with E-state index in [1.807, 2.05) is 26.0 Å². The summed E-state index contributed by atoms with van der Waals surface area (Å²) in [5, 5.41) is 0. The predicted molar refractivity (Wildman–Crippen MR) is 83.0 cm³/mol. The van der Waals surface area contributed by atoms with Gasteiger partial charge in [-0.2, -0.15) is 0 Å². The summed E-state index contributed by atoms with van der Waals surface area (Å²) in [7, 11) is 1.65. The van der Waals surface area contributed by atoms with Gasteiger partial charge in [-0.1, -0.05) is 6.92 Å². The normalized spacial score (nSPS) is 21.0. The van der Waals surface area contributed by atoms with E-state index in [0.717, 1.165) is 48.1 Å². The molecular formula is C18H24O3. The summed E-state index contributed by atoms with van der Waals surface area (Å²) in [6, 6.07) is 3.97. The summed E-state index contributed by atoms with van der Waals surface area (Å²) >= 11 is 0. The molecule has 0 saturated heterocycles. The molecule has 0 amide bonds. The van der Waals surface area contributed by atoms with E-state index in [9.17, 15) is 9.59 Å². The van der Waals surface area contributed by atoms with Crippen LogP contribution in [-0.2, 0) is 11.2 Å². The molecule has 3 nitrogen and oxygen atoms in total. The lowest BCUT2D eigenvalue weighted by Gasteiger charge is -2.34. The Labute approximate surface area is 126 Å². The molecule has 3 heteroatoms. The van der Waals surface area contributed by atoms with Crippen LogP contribution in [0.3, 0.4) is 0 Å². The monoisotopic (exact) mass is 288 g/mol. The summed E-state index contributed by atoms with van der Waals surface area (Å²) in [6.07, 6.45) is 3.82. The minimum absolute atomic E-state index is 0.194. The number of hydrogen-bond acceptors (Lipinski definition) is 3. The molecule has 0 unspecified atom stereocenters. The number of ether oxygens (including phenoxy) is 1. The highest BCUT2D eigenvalue weighted by molar-refractivity contribution is 6.03. The van der Waals surface area contributed by atoms with E-state index < -0.39 is 0 Å². The van der Waals surface area contributed by atoms with Gasteiger partial charge in [0.2, 0.25) is 0 Å². The summed E-state index contributed by atoms with van der Waals surface area (Å²) < 4.78 is 5.43. The molecule has 0 radical (unpaired) electrons. The summed E-state index contributed by atoms with van der Waals surface area (Å²) in [6.45, 7) is 5.62. The van der Waals surface area contributed by atoms with E-state index in [0.29, 0.717) is 6.42 Å². The fourth-order valence-electron chi connectivity index (χ4n) is 3.23. The Hall–Kier alpha value is -1.64. The number of rotatable bonds is 5. The summed E-state index contributed by atoms with van der Waals surface area (Å²) in [5.74, 6) is 1.22. The zero-order valence-electron chi connectivity index (χ0n) is 13.4. The van der Waals surface area contributed by atoms with Crippen molar-refractivity contribution >= 4 is 11.6 Å². The largest absolute Gasteiger partial charge is 0.496 e. The predicted octanol–water partition coefficient (Wildman–Crippen LogP) is 3.90. The number of benzene rings is 1. The molecule has 0 aliphatic heterocycles. The Morgan fingerprint density at radius 1 is 1.38 bits per heavy atom. The van der Waals surface area contributed by atoms with Crippen molar-refractivity contribution in [3.05, 3.63) is 28.8 Å². The molecule has 21 heavy (non-hydrogen) atoms. The molecular weight excluding hydrogens is 264 g/mol. The van der Waals surface area contributed by atoms with Crippen LogP contribution in [0.5, 0.6) is 5.75 Å². The smallest absolute Gasteiger partial charge is 0.169 e. The van der Waals surface area contributed by atoms with Gasteiger partial charge >= 0.3 is 0 Å². The number of hydrogen-bond donors (Lipinski definition) is 0. The zero-order valence-corrected chi connectivity index (χ0v) is 13.4. The van der Waals surface area contributed by atoms with E-state index >= 15 is 0 Å².